The van der Waals surface area contributed by atoms with Crippen LogP contribution < -0.4 is 21.3 Å². The highest BCUT2D eigenvalue weighted by Gasteiger charge is 2.26. The molecule has 0 unspecified atom stereocenters. The molecule has 1 amide bonds. The fourth-order valence-electron chi connectivity index (χ4n) is 3.18. The lowest BCUT2D eigenvalue weighted by atomic mass is 10.2. The van der Waals surface area contributed by atoms with Gasteiger partial charge in [-0.1, -0.05) is 30.3 Å². The number of carbonyl (C=O) groups is 1. The van der Waals surface area contributed by atoms with Gasteiger partial charge in [0.1, 0.15) is 12.4 Å². The van der Waals surface area contributed by atoms with Crippen LogP contribution in [-0.4, -0.2) is 26.8 Å². The fraction of sp³-hybridized carbons (Fsp3) is 0.200. The molecule has 4 rings (SSSR count). The number of anilines is 2. The van der Waals surface area contributed by atoms with Crippen LogP contribution in [-0.2, 0) is 24.4 Å². The number of carbonyl (C=O) groups excluding carboxylic acids is 1. The lowest BCUT2D eigenvalue weighted by Crippen LogP contribution is -2.44. The van der Waals surface area contributed by atoms with Crippen LogP contribution in [0.3, 0.4) is 0 Å². The summed E-state index contributed by atoms with van der Waals surface area (Å²) in [5.41, 5.74) is 0.00121. The molecule has 2 heterocycles. The third-order valence-corrected chi connectivity index (χ3v) is 4.67. The van der Waals surface area contributed by atoms with Gasteiger partial charge in [0.05, 0.1) is 0 Å². The maximum atomic E-state index is 12.9. The van der Waals surface area contributed by atoms with Gasteiger partial charge in [0.25, 0.3) is 0 Å². The quantitative estimate of drug-likeness (QED) is 0.652. The minimum atomic E-state index is -0.847. The Balaban J connectivity index is 1.54. The highest BCUT2D eigenvalue weighted by atomic mass is 19.1. The molecule has 0 aliphatic carbocycles. The van der Waals surface area contributed by atoms with E-state index in [1.54, 1.807) is 12.1 Å². The second-order valence-electron chi connectivity index (χ2n) is 6.61. The minimum absolute atomic E-state index is 0.175. The number of nitrogens with one attached hydrogen (secondary N) is 1. The van der Waals surface area contributed by atoms with E-state index in [1.165, 1.54) is 16.7 Å². The summed E-state index contributed by atoms with van der Waals surface area (Å²) >= 11 is 0. The van der Waals surface area contributed by atoms with Crippen LogP contribution >= 0.6 is 0 Å². The number of rotatable bonds is 5. The molecule has 0 saturated carbocycles. The van der Waals surface area contributed by atoms with E-state index in [-0.39, 0.29) is 18.9 Å². The minimum Gasteiger partial charge on any atom is -0.350 e. The molecular weight excluding hydrogens is 377 g/mol. The first-order valence-electron chi connectivity index (χ1n) is 9.08. The summed E-state index contributed by atoms with van der Waals surface area (Å²) in [7, 11) is 0. The Kier molecular flexibility index (Phi) is 4.94. The van der Waals surface area contributed by atoms with Gasteiger partial charge in [0, 0.05) is 25.3 Å². The van der Waals surface area contributed by atoms with E-state index in [0.29, 0.717) is 24.6 Å². The van der Waals surface area contributed by atoms with Crippen molar-refractivity contribution in [2.75, 3.05) is 11.4 Å². The Labute approximate surface area is 164 Å². The molecular formula is C20H18FN5O3. The van der Waals surface area contributed by atoms with Crippen molar-refractivity contribution in [1.29, 1.82) is 0 Å². The Morgan fingerprint density at radius 3 is 2.45 bits per heavy atom. The largest absolute Gasteiger partial charge is 0.350 e. The molecule has 2 aromatic carbocycles. The van der Waals surface area contributed by atoms with Crippen LogP contribution in [0.15, 0.2) is 64.2 Å². The lowest BCUT2D eigenvalue weighted by molar-refractivity contribution is -0.122. The summed E-state index contributed by atoms with van der Waals surface area (Å²) in [6, 6.07) is 15.1. The van der Waals surface area contributed by atoms with Gasteiger partial charge >= 0.3 is 11.1 Å². The third-order valence-electron chi connectivity index (χ3n) is 4.67. The predicted molar refractivity (Wildman–Crippen MR) is 104 cm³/mol. The van der Waals surface area contributed by atoms with Crippen molar-refractivity contribution in [1.82, 2.24) is 19.7 Å². The number of amides is 1. The van der Waals surface area contributed by atoms with Crippen LogP contribution in [0.5, 0.6) is 0 Å². The number of aromatic nitrogens is 3. The molecule has 0 radical (unpaired) electrons. The number of halogens is 1. The summed E-state index contributed by atoms with van der Waals surface area (Å²) in [6.07, 6.45) is 0. The van der Waals surface area contributed by atoms with E-state index in [0.717, 1.165) is 10.4 Å². The van der Waals surface area contributed by atoms with Crippen molar-refractivity contribution in [2.24, 2.45) is 0 Å². The van der Waals surface area contributed by atoms with Crippen LogP contribution in [0.4, 0.5) is 16.0 Å². The Morgan fingerprint density at radius 2 is 1.72 bits per heavy atom. The summed E-state index contributed by atoms with van der Waals surface area (Å²) in [5.74, 6) is -0.512. The molecule has 0 saturated heterocycles. The maximum absolute atomic E-state index is 12.9. The predicted octanol–water partition coefficient (Wildman–Crippen LogP) is 1.01. The molecule has 1 aromatic heterocycles. The van der Waals surface area contributed by atoms with Gasteiger partial charge in [0.2, 0.25) is 11.9 Å². The fourth-order valence-corrected chi connectivity index (χ4v) is 3.18. The molecule has 3 aromatic rings. The van der Waals surface area contributed by atoms with E-state index in [4.69, 9.17) is 0 Å². The number of fused-ring (bicyclic) bond motifs is 1. The Hall–Kier alpha value is -3.75. The average Bonchev–Trinajstić information content (AvgIpc) is 3.16. The summed E-state index contributed by atoms with van der Waals surface area (Å²) < 4.78 is 15.2. The van der Waals surface area contributed by atoms with Crippen molar-refractivity contribution >= 4 is 17.5 Å². The Bertz CT molecular complexity index is 1160. The van der Waals surface area contributed by atoms with Gasteiger partial charge in [-0.15, -0.1) is 5.10 Å². The molecule has 1 aliphatic rings. The zero-order chi connectivity index (χ0) is 20.4. The molecule has 0 atom stereocenters. The zero-order valence-corrected chi connectivity index (χ0v) is 15.4. The van der Waals surface area contributed by atoms with Gasteiger partial charge in [-0.3, -0.25) is 19.0 Å². The number of hydrogen-bond donors (Lipinski definition) is 1. The second-order valence-corrected chi connectivity index (χ2v) is 6.61. The standard InChI is InChI=1S/C20H18FN5O3/c21-15-8-6-14(7-9-15)12-22-17(27)13-26-19(29)18(28)25-11-10-24(20(25)23-26)16-4-2-1-3-5-16/h1-9H,10-13H2,(H,22,27). The van der Waals surface area contributed by atoms with Crippen molar-refractivity contribution in [3.8, 4) is 0 Å². The van der Waals surface area contributed by atoms with Gasteiger partial charge in [-0.05, 0) is 29.8 Å². The number of para-hydroxylation sites is 1. The number of benzene rings is 2. The SMILES string of the molecule is O=C(Cn1nc2n(c(=O)c1=O)CCN2c1ccccc1)NCc1ccc(F)cc1. The van der Waals surface area contributed by atoms with Crippen LogP contribution in [0.1, 0.15) is 5.56 Å². The summed E-state index contributed by atoms with van der Waals surface area (Å²) in [5, 5.41) is 6.90. The van der Waals surface area contributed by atoms with Crippen molar-refractivity contribution in [3.05, 3.63) is 86.7 Å². The third kappa shape index (κ3) is 3.79. The van der Waals surface area contributed by atoms with E-state index >= 15 is 0 Å². The van der Waals surface area contributed by atoms with Crippen molar-refractivity contribution in [3.63, 3.8) is 0 Å². The molecule has 8 nitrogen and oxygen atoms in total. The molecule has 29 heavy (non-hydrogen) atoms. The molecule has 0 bridgehead atoms. The van der Waals surface area contributed by atoms with Gasteiger partial charge < -0.3 is 10.2 Å². The number of nitrogens with zero attached hydrogens (tertiary/aromatic N) is 4. The Morgan fingerprint density at radius 1 is 1.00 bits per heavy atom. The normalized spacial score (nSPS) is 12.7. The van der Waals surface area contributed by atoms with Crippen molar-refractivity contribution < 1.29 is 9.18 Å². The summed E-state index contributed by atoms with van der Waals surface area (Å²) in [6.45, 7) is 0.648. The molecule has 1 N–H and O–H groups in total. The van der Waals surface area contributed by atoms with E-state index in [9.17, 15) is 18.8 Å². The zero-order valence-electron chi connectivity index (χ0n) is 15.4. The average molecular weight is 395 g/mol. The van der Waals surface area contributed by atoms with Gasteiger partial charge in [-0.25, -0.2) is 9.07 Å². The van der Waals surface area contributed by atoms with E-state index < -0.39 is 17.0 Å². The van der Waals surface area contributed by atoms with Crippen LogP contribution in [0, 0.1) is 5.82 Å². The molecule has 148 valence electrons. The highest BCUT2D eigenvalue weighted by Crippen LogP contribution is 2.25. The van der Waals surface area contributed by atoms with E-state index in [1.807, 2.05) is 35.2 Å². The second kappa shape index (κ2) is 7.70. The molecule has 9 heteroatoms. The maximum Gasteiger partial charge on any atom is 0.333 e. The van der Waals surface area contributed by atoms with Crippen molar-refractivity contribution in [2.45, 2.75) is 19.6 Å². The van der Waals surface area contributed by atoms with Crippen LogP contribution in [0.2, 0.25) is 0 Å². The topological polar surface area (TPSA) is 89.2 Å². The van der Waals surface area contributed by atoms with Gasteiger partial charge in [0.15, 0.2) is 0 Å². The summed E-state index contributed by atoms with van der Waals surface area (Å²) in [4.78, 5) is 38.9. The monoisotopic (exact) mass is 395 g/mol. The molecule has 1 aliphatic heterocycles. The van der Waals surface area contributed by atoms with E-state index in [2.05, 4.69) is 10.4 Å². The first kappa shape index (κ1) is 18.6. The van der Waals surface area contributed by atoms with Gasteiger partial charge in [-0.2, -0.15) is 0 Å². The molecule has 0 fully saturated rings. The lowest BCUT2D eigenvalue weighted by Gasteiger charge is -2.17. The van der Waals surface area contributed by atoms with Crippen LogP contribution in [0.25, 0.3) is 0 Å². The smallest absolute Gasteiger partial charge is 0.333 e. The first-order valence-corrected chi connectivity index (χ1v) is 9.08. The number of hydrogen-bond acceptors (Lipinski definition) is 5. The first-order chi connectivity index (χ1) is 14.0. The molecule has 0 spiro atoms. The highest BCUT2D eigenvalue weighted by molar-refractivity contribution is 5.75.